The molecule has 0 saturated carbocycles. The summed E-state index contributed by atoms with van der Waals surface area (Å²) in [6.45, 7) is 1.95. The van der Waals surface area contributed by atoms with Crippen molar-refractivity contribution in [3.8, 4) is 5.75 Å². The number of nitrogens with one attached hydrogen (secondary N) is 2. The van der Waals surface area contributed by atoms with E-state index in [0.717, 1.165) is 11.0 Å². The number of carbonyl (C=O) groups is 1. The van der Waals surface area contributed by atoms with E-state index < -0.39 is 12.4 Å². The van der Waals surface area contributed by atoms with Gasteiger partial charge in [0.05, 0.1) is 6.04 Å². The van der Waals surface area contributed by atoms with Gasteiger partial charge in [-0.3, -0.25) is 0 Å². The van der Waals surface area contributed by atoms with Crippen molar-refractivity contribution in [1.29, 1.82) is 0 Å². The van der Waals surface area contributed by atoms with E-state index in [2.05, 4.69) is 15.4 Å². The van der Waals surface area contributed by atoms with Crippen molar-refractivity contribution in [2.75, 3.05) is 0 Å². The first-order valence-corrected chi connectivity index (χ1v) is 8.18. The lowest BCUT2D eigenvalue weighted by Crippen LogP contribution is -2.36. The SMILES string of the molecule is CC(NC(=O)NCc1ccc(OC(F)(F)F)cc1)c1cc2ccccc2o1. The van der Waals surface area contributed by atoms with E-state index in [9.17, 15) is 18.0 Å². The molecule has 27 heavy (non-hydrogen) atoms. The van der Waals surface area contributed by atoms with Crippen molar-refractivity contribution >= 4 is 17.0 Å². The van der Waals surface area contributed by atoms with Gasteiger partial charge in [-0.05, 0) is 36.8 Å². The maximum atomic E-state index is 12.1. The lowest BCUT2D eigenvalue weighted by molar-refractivity contribution is -0.274. The van der Waals surface area contributed by atoms with Crippen LogP contribution in [0.3, 0.4) is 0 Å². The number of halogens is 3. The van der Waals surface area contributed by atoms with Crippen LogP contribution in [0, 0.1) is 0 Å². The smallest absolute Gasteiger partial charge is 0.459 e. The van der Waals surface area contributed by atoms with Gasteiger partial charge in [-0.25, -0.2) is 4.79 Å². The van der Waals surface area contributed by atoms with Crippen molar-refractivity contribution < 1.29 is 27.1 Å². The van der Waals surface area contributed by atoms with Crippen LogP contribution in [0.25, 0.3) is 11.0 Å². The van der Waals surface area contributed by atoms with E-state index in [1.54, 1.807) is 6.92 Å². The monoisotopic (exact) mass is 378 g/mol. The predicted octanol–water partition coefficient (Wildman–Crippen LogP) is 4.89. The standard InChI is InChI=1S/C19H17F3N2O3/c1-12(17-10-14-4-2-3-5-16(14)26-17)24-18(25)23-11-13-6-8-15(9-7-13)27-19(20,21)22/h2-10,12H,11H2,1H3,(H2,23,24,25). The number of alkyl halides is 3. The summed E-state index contributed by atoms with van der Waals surface area (Å²) in [6.07, 6.45) is -4.73. The second kappa shape index (κ2) is 7.61. The van der Waals surface area contributed by atoms with E-state index in [-0.39, 0.29) is 18.3 Å². The Balaban J connectivity index is 1.51. The number of amides is 2. The van der Waals surface area contributed by atoms with E-state index in [1.165, 1.54) is 24.3 Å². The van der Waals surface area contributed by atoms with Crippen LogP contribution in [-0.2, 0) is 6.54 Å². The molecule has 0 aliphatic carbocycles. The topological polar surface area (TPSA) is 63.5 Å². The molecular formula is C19H17F3N2O3. The summed E-state index contributed by atoms with van der Waals surface area (Å²) in [5, 5.41) is 6.35. The lowest BCUT2D eigenvalue weighted by Gasteiger charge is -2.13. The summed E-state index contributed by atoms with van der Waals surface area (Å²) in [6, 6.07) is 13.9. The van der Waals surface area contributed by atoms with E-state index in [0.29, 0.717) is 11.3 Å². The number of hydrogen-bond donors (Lipinski definition) is 2. The van der Waals surface area contributed by atoms with Gasteiger partial charge in [-0.2, -0.15) is 0 Å². The van der Waals surface area contributed by atoms with Crippen molar-refractivity contribution in [2.24, 2.45) is 0 Å². The number of urea groups is 1. The van der Waals surface area contributed by atoms with Gasteiger partial charge in [0.15, 0.2) is 0 Å². The maximum Gasteiger partial charge on any atom is 0.573 e. The van der Waals surface area contributed by atoms with Crippen LogP contribution in [0.5, 0.6) is 5.75 Å². The third-order valence-corrected chi connectivity index (χ3v) is 3.83. The molecule has 2 N–H and O–H groups in total. The average Bonchev–Trinajstić information content (AvgIpc) is 3.04. The van der Waals surface area contributed by atoms with Crippen LogP contribution in [0.2, 0.25) is 0 Å². The fourth-order valence-corrected chi connectivity index (χ4v) is 2.53. The molecule has 1 heterocycles. The first-order chi connectivity index (χ1) is 12.8. The molecule has 5 nitrogen and oxygen atoms in total. The van der Waals surface area contributed by atoms with Gasteiger partial charge in [-0.1, -0.05) is 30.3 Å². The highest BCUT2D eigenvalue weighted by Gasteiger charge is 2.30. The van der Waals surface area contributed by atoms with Gasteiger partial charge in [0.1, 0.15) is 17.1 Å². The molecule has 0 aliphatic heterocycles. The fraction of sp³-hybridized carbons (Fsp3) is 0.211. The van der Waals surface area contributed by atoms with E-state index >= 15 is 0 Å². The van der Waals surface area contributed by atoms with Gasteiger partial charge in [0.2, 0.25) is 0 Å². The molecule has 2 amide bonds. The Kier molecular flexibility index (Phi) is 5.25. The maximum absolute atomic E-state index is 12.1. The quantitative estimate of drug-likeness (QED) is 0.664. The number of carbonyl (C=O) groups excluding carboxylic acids is 1. The van der Waals surface area contributed by atoms with Crippen molar-refractivity contribution in [3.63, 3.8) is 0 Å². The molecule has 3 rings (SSSR count). The molecular weight excluding hydrogens is 361 g/mol. The third kappa shape index (κ3) is 5.16. The zero-order valence-electron chi connectivity index (χ0n) is 14.3. The van der Waals surface area contributed by atoms with Crippen LogP contribution in [0.4, 0.5) is 18.0 Å². The molecule has 142 valence electrons. The lowest BCUT2D eigenvalue weighted by atomic mass is 10.2. The van der Waals surface area contributed by atoms with Crippen LogP contribution >= 0.6 is 0 Å². The summed E-state index contributed by atoms with van der Waals surface area (Å²) < 4.78 is 45.9. The Labute approximate surface area is 153 Å². The normalized spacial score (nSPS) is 12.6. The largest absolute Gasteiger partial charge is 0.573 e. The Bertz CT molecular complexity index is 887. The highest BCUT2D eigenvalue weighted by molar-refractivity contribution is 5.78. The number of para-hydroxylation sites is 1. The van der Waals surface area contributed by atoms with Crippen molar-refractivity contribution in [1.82, 2.24) is 10.6 Å². The Morgan fingerprint density at radius 3 is 2.52 bits per heavy atom. The van der Waals surface area contributed by atoms with Gasteiger partial charge in [0, 0.05) is 11.9 Å². The van der Waals surface area contributed by atoms with Crippen LogP contribution in [0.1, 0.15) is 24.3 Å². The van der Waals surface area contributed by atoms with E-state index in [1.807, 2.05) is 30.3 Å². The minimum atomic E-state index is -4.73. The van der Waals surface area contributed by atoms with Crippen LogP contribution < -0.4 is 15.4 Å². The van der Waals surface area contributed by atoms with Crippen molar-refractivity contribution in [2.45, 2.75) is 25.9 Å². The van der Waals surface area contributed by atoms with Crippen LogP contribution in [0.15, 0.2) is 59.0 Å². The second-order valence-electron chi connectivity index (χ2n) is 5.93. The zero-order chi connectivity index (χ0) is 19.4. The fourth-order valence-electron chi connectivity index (χ4n) is 2.53. The number of fused-ring (bicyclic) bond motifs is 1. The van der Waals surface area contributed by atoms with Crippen LogP contribution in [-0.4, -0.2) is 12.4 Å². The van der Waals surface area contributed by atoms with Crippen molar-refractivity contribution in [3.05, 3.63) is 65.9 Å². The third-order valence-electron chi connectivity index (χ3n) is 3.83. The number of ether oxygens (including phenoxy) is 1. The Hall–Kier alpha value is -3.16. The summed E-state index contributed by atoms with van der Waals surface area (Å²) in [5.41, 5.74) is 1.37. The van der Waals surface area contributed by atoms with Gasteiger partial charge in [-0.15, -0.1) is 13.2 Å². The highest BCUT2D eigenvalue weighted by atomic mass is 19.4. The number of rotatable bonds is 5. The van der Waals surface area contributed by atoms with Gasteiger partial charge < -0.3 is 19.8 Å². The second-order valence-corrected chi connectivity index (χ2v) is 5.93. The first kappa shape index (κ1) is 18.6. The Morgan fingerprint density at radius 2 is 1.85 bits per heavy atom. The molecule has 0 radical (unpaired) electrons. The number of furan rings is 1. The predicted molar refractivity (Wildman–Crippen MR) is 93.1 cm³/mol. The van der Waals surface area contributed by atoms with Gasteiger partial charge in [0.25, 0.3) is 0 Å². The molecule has 8 heteroatoms. The molecule has 1 aromatic heterocycles. The summed E-state index contributed by atoms with van der Waals surface area (Å²) >= 11 is 0. The molecule has 0 aliphatic rings. The van der Waals surface area contributed by atoms with Gasteiger partial charge >= 0.3 is 12.4 Å². The molecule has 0 bridgehead atoms. The molecule has 0 fully saturated rings. The summed E-state index contributed by atoms with van der Waals surface area (Å²) in [5.74, 6) is 0.314. The molecule has 3 aromatic rings. The summed E-state index contributed by atoms with van der Waals surface area (Å²) in [7, 11) is 0. The number of benzene rings is 2. The molecule has 0 spiro atoms. The zero-order valence-corrected chi connectivity index (χ0v) is 14.3. The number of hydrogen-bond acceptors (Lipinski definition) is 3. The molecule has 2 aromatic carbocycles. The van der Waals surface area contributed by atoms with E-state index in [4.69, 9.17) is 4.42 Å². The highest BCUT2D eigenvalue weighted by Crippen LogP contribution is 2.24. The first-order valence-electron chi connectivity index (χ1n) is 8.18. The summed E-state index contributed by atoms with van der Waals surface area (Å²) in [4.78, 5) is 12.0. The average molecular weight is 378 g/mol. The Morgan fingerprint density at radius 1 is 1.15 bits per heavy atom. The minimum Gasteiger partial charge on any atom is -0.459 e. The minimum absolute atomic E-state index is 0.158. The molecule has 0 saturated heterocycles. The molecule has 1 unspecified atom stereocenters. The molecule has 1 atom stereocenters.